The number of hydrogen-bond acceptors (Lipinski definition) is 3. The molecule has 25 heavy (non-hydrogen) atoms. The molecule has 0 aliphatic carbocycles. The average molecular weight is 337 g/mol. The van der Waals surface area contributed by atoms with Crippen LogP contribution in [0.4, 0.5) is 0 Å². The standard InChI is InChI=1S/C20H23N3O2/c1-13-5-6-14(2)18(9-13)15(3)23-19(24)8-7-16-10-17(12-22-11-16)20(25)21-4/h5-12,15H,1-4H3,(H,21,25)(H,23,24)/b8-7-/t15-/m1/s1. The van der Waals surface area contributed by atoms with Gasteiger partial charge in [0.25, 0.3) is 5.91 Å². The van der Waals surface area contributed by atoms with E-state index in [1.807, 2.05) is 20.8 Å². The Morgan fingerprint density at radius 1 is 1.16 bits per heavy atom. The Hall–Kier alpha value is -2.95. The minimum absolute atomic E-state index is 0.0904. The van der Waals surface area contributed by atoms with Crippen molar-refractivity contribution in [2.75, 3.05) is 7.05 Å². The van der Waals surface area contributed by atoms with Crippen LogP contribution in [0.2, 0.25) is 0 Å². The maximum Gasteiger partial charge on any atom is 0.252 e. The Morgan fingerprint density at radius 2 is 1.92 bits per heavy atom. The lowest BCUT2D eigenvalue weighted by Crippen LogP contribution is -2.25. The van der Waals surface area contributed by atoms with E-state index in [0.29, 0.717) is 11.1 Å². The predicted octanol–water partition coefficient (Wildman–Crippen LogP) is 2.95. The van der Waals surface area contributed by atoms with Crippen LogP contribution in [0.15, 0.2) is 42.7 Å². The molecule has 1 heterocycles. The van der Waals surface area contributed by atoms with Gasteiger partial charge in [-0.15, -0.1) is 0 Å². The smallest absolute Gasteiger partial charge is 0.252 e. The van der Waals surface area contributed by atoms with Gasteiger partial charge in [0, 0.05) is 25.5 Å². The monoisotopic (exact) mass is 337 g/mol. The third-order valence-electron chi connectivity index (χ3n) is 3.94. The van der Waals surface area contributed by atoms with E-state index in [-0.39, 0.29) is 17.9 Å². The lowest BCUT2D eigenvalue weighted by Gasteiger charge is -2.16. The largest absolute Gasteiger partial charge is 0.355 e. The summed E-state index contributed by atoms with van der Waals surface area (Å²) in [5.41, 5.74) is 4.55. The van der Waals surface area contributed by atoms with Crippen LogP contribution in [-0.2, 0) is 4.79 Å². The molecule has 0 bridgehead atoms. The van der Waals surface area contributed by atoms with Crippen LogP contribution in [0.3, 0.4) is 0 Å². The summed E-state index contributed by atoms with van der Waals surface area (Å²) in [7, 11) is 1.56. The summed E-state index contributed by atoms with van der Waals surface area (Å²) in [5.74, 6) is -0.408. The van der Waals surface area contributed by atoms with Gasteiger partial charge in [0.15, 0.2) is 0 Å². The van der Waals surface area contributed by atoms with Crippen molar-refractivity contribution in [3.05, 3.63) is 70.6 Å². The first-order chi connectivity index (χ1) is 11.9. The van der Waals surface area contributed by atoms with Crippen molar-refractivity contribution < 1.29 is 9.59 Å². The molecule has 0 unspecified atom stereocenters. The summed E-state index contributed by atoms with van der Waals surface area (Å²) in [6, 6.07) is 7.79. The molecule has 1 aromatic carbocycles. The van der Waals surface area contributed by atoms with Crippen LogP contribution < -0.4 is 10.6 Å². The molecule has 2 rings (SSSR count). The Morgan fingerprint density at radius 3 is 2.64 bits per heavy atom. The minimum Gasteiger partial charge on any atom is -0.355 e. The molecular formula is C20H23N3O2. The molecule has 2 aromatic rings. The predicted molar refractivity (Wildman–Crippen MR) is 99.1 cm³/mol. The fourth-order valence-electron chi connectivity index (χ4n) is 2.55. The number of nitrogens with zero attached hydrogens (tertiary/aromatic N) is 1. The van der Waals surface area contributed by atoms with E-state index in [1.165, 1.54) is 12.3 Å². The SMILES string of the molecule is CNC(=O)c1cncc(/C=C\C(=O)N[C@H](C)c2cc(C)ccc2C)c1. The van der Waals surface area contributed by atoms with Crippen molar-refractivity contribution in [2.45, 2.75) is 26.8 Å². The Balaban J connectivity index is 2.05. The van der Waals surface area contributed by atoms with Gasteiger partial charge in [-0.1, -0.05) is 23.8 Å². The van der Waals surface area contributed by atoms with Gasteiger partial charge in [-0.05, 0) is 49.6 Å². The lowest BCUT2D eigenvalue weighted by atomic mass is 10.00. The Bertz CT molecular complexity index is 812. The van der Waals surface area contributed by atoms with Gasteiger partial charge >= 0.3 is 0 Å². The highest BCUT2D eigenvalue weighted by Crippen LogP contribution is 2.18. The van der Waals surface area contributed by atoms with Crippen LogP contribution in [0, 0.1) is 13.8 Å². The second-order valence-corrected chi connectivity index (χ2v) is 6.01. The zero-order valence-electron chi connectivity index (χ0n) is 15.0. The number of carbonyl (C=O) groups excluding carboxylic acids is 2. The molecule has 5 heteroatoms. The molecule has 0 aliphatic heterocycles. The van der Waals surface area contributed by atoms with E-state index in [0.717, 1.165) is 16.7 Å². The third kappa shape index (κ3) is 5.01. The van der Waals surface area contributed by atoms with Crippen molar-refractivity contribution in [3.63, 3.8) is 0 Å². The number of pyridine rings is 1. The second-order valence-electron chi connectivity index (χ2n) is 6.01. The molecule has 130 valence electrons. The van der Waals surface area contributed by atoms with Crippen molar-refractivity contribution in [1.82, 2.24) is 15.6 Å². The van der Waals surface area contributed by atoms with Crippen molar-refractivity contribution in [1.29, 1.82) is 0 Å². The molecule has 0 aliphatic rings. The summed E-state index contributed by atoms with van der Waals surface area (Å²) in [4.78, 5) is 27.8. The molecule has 2 N–H and O–H groups in total. The number of hydrogen-bond donors (Lipinski definition) is 2. The summed E-state index contributed by atoms with van der Waals surface area (Å²) in [6.45, 7) is 6.02. The van der Waals surface area contributed by atoms with E-state index in [1.54, 1.807) is 25.4 Å². The number of carbonyl (C=O) groups is 2. The van der Waals surface area contributed by atoms with Gasteiger partial charge in [0.1, 0.15) is 0 Å². The highest BCUT2D eigenvalue weighted by molar-refractivity contribution is 5.95. The first-order valence-electron chi connectivity index (χ1n) is 8.13. The number of nitrogens with one attached hydrogen (secondary N) is 2. The van der Waals surface area contributed by atoms with Gasteiger partial charge in [0.2, 0.25) is 5.91 Å². The maximum absolute atomic E-state index is 12.2. The summed E-state index contributed by atoms with van der Waals surface area (Å²) < 4.78 is 0. The molecular weight excluding hydrogens is 314 g/mol. The van der Waals surface area contributed by atoms with Gasteiger partial charge in [-0.2, -0.15) is 0 Å². The van der Waals surface area contributed by atoms with Crippen LogP contribution in [0.1, 0.15) is 45.6 Å². The number of aromatic nitrogens is 1. The van der Waals surface area contributed by atoms with Crippen molar-refractivity contribution >= 4 is 17.9 Å². The first kappa shape index (κ1) is 18.4. The molecule has 0 saturated heterocycles. The van der Waals surface area contributed by atoms with E-state index in [9.17, 15) is 9.59 Å². The number of benzene rings is 1. The fraction of sp³-hybridized carbons (Fsp3) is 0.250. The summed E-state index contributed by atoms with van der Waals surface area (Å²) in [6.07, 6.45) is 6.18. The molecule has 5 nitrogen and oxygen atoms in total. The molecule has 0 radical (unpaired) electrons. The normalized spacial score (nSPS) is 12.0. The van der Waals surface area contributed by atoms with E-state index >= 15 is 0 Å². The topological polar surface area (TPSA) is 71.1 Å². The quantitative estimate of drug-likeness (QED) is 0.824. The molecule has 0 spiro atoms. The highest BCUT2D eigenvalue weighted by atomic mass is 16.2. The highest BCUT2D eigenvalue weighted by Gasteiger charge is 2.10. The van der Waals surface area contributed by atoms with Crippen molar-refractivity contribution in [2.24, 2.45) is 0 Å². The molecule has 2 amide bonds. The summed E-state index contributed by atoms with van der Waals surface area (Å²) in [5, 5.41) is 5.50. The number of amides is 2. The summed E-state index contributed by atoms with van der Waals surface area (Å²) >= 11 is 0. The number of rotatable bonds is 5. The van der Waals surface area contributed by atoms with Crippen molar-refractivity contribution in [3.8, 4) is 0 Å². The van der Waals surface area contributed by atoms with E-state index in [2.05, 4.69) is 33.8 Å². The Kier molecular flexibility index (Phi) is 6.06. The van der Waals surface area contributed by atoms with Crippen LogP contribution in [0.5, 0.6) is 0 Å². The third-order valence-corrected chi connectivity index (χ3v) is 3.94. The fourth-order valence-corrected chi connectivity index (χ4v) is 2.55. The van der Waals surface area contributed by atoms with Gasteiger partial charge in [0.05, 0.1) is 11.6 Å². The maximum atomic E-state index is 12.2. The minimum atomic E-state index is -0.212. The molecule has 0 saturated carbocycles. The van der Waals surface area contributed by atoms with E-state index < -0.39 is 0 Å². The molecule has 0 fully saturated rings. The van der Waals surface area contributed by atoms with Gasteiger partial charge in [-0.3, -0.25) is 14.6 Å². The zero-order chi connectivity index (χ0) is 18.4. The molecule has 1 atom stereocenters. The number of aryl methyl sites for hydroxylation is 2. The second kappa shape index (κ2) is 8.24. The van der Waals surface area contributed by atoms with Gasteiger partial charge in [-0.25, -0.2) is 0 Å². The van der Waals surface area contributed by atoms with Crippen LogP contribution >= 0.6 is 0 Å². The average Bonchev–Trinajstić information content (AvgIpc) is 2.61. The Labute approximate surface area is 148 Å². The van der Waals surface area contributed by atoms with Gasteiger partial charge < -0.3 is 10.6 Å². The first-order valence-corrected chi connectivity index (χ1v) is 8.13. The van der Waals surface area contributed by atoms with E-state index in [4.69, 9.17) is 0 Å². The van der Waals surface area contributed by atoms with Crippen LogP contribution in [0.25, 0.3) is 6.08 Å². The zero-order valence-corrected chi connectivity index (χ0v) is 15.0. The van der Waals surface area contributed by atoms with Crippen LogP contribution in [-0.4, -0.2) is 23.8 Å². The lowest BCUT2D eigenvalue weighted by molar-refractivity contribution is -0.117. The molecule has 1 aromatic heterocycles.